The Labute approximate surface area is 113 Å². The van der Waals surface area contributed by atoms with Gasteiger partial charge in [-0.3, -0.25) is 0 Å². The van der Waals surface area contributed by atoms with Crippen LogP contribution in [-0.4, -0.2) is 29.7 Å². The topological polar surface area (TPSA) is 49.7 Å². The van der Waals surface area contributed by atoms with E-state index in [1.807, 2.05) is 0 Å². The van der Waals surface area contributed by atoms with Gasteiger partial charge in [0, 0.05) is 19.6 Å². The van der Waals surface area contributed by atoms with Crippen molar-refractivity contribution < 1.29 is 14.9 Å². The molecule has 0 bridgehead atoms. The zero-order valence-electron chi connectivity index (χ0n) is 12.1. The van der Waals surface area contributed by atoms with Gasteiger partial charge in [0.1, 0.15) is 0 Å². The Balaban J connectivity index is 2.98. The van der Waals surface area contributed by atoms with Crippen LogP contribution in [-0.2, 0) is 4.74 Å². The van der Waals surface area contributed by atoms with E-state index in [9.17, 15) is 5.11 Å². The summed E-state index contributed by atoms with van der Waals surface area (Å²) in [6.07, 6.45) is 12.6. The Morgan fingerprint density at radius 2 is 1.33 bits per heavy atom. The van der Waals surface area contributed by atoms with Crippen molar-refractivity contribution in [1.82, 2.24) is 0 Å². The summed E-state index contributed by atoms with van der Waals surface area (Å²) in [7, 11) is 0. The van der Waals surface area contributed by atoms with Crippen LogP contribution < -0.4 is 0 Å². The van der Waals surface area contributed by atoms with Gasteiger partial charge in [-0.2, -0.15) is 0 Å². The molecule has 0 spiro atoms. The van der Waals surface area contributed by atoms with Gasteiger partial charge in [-0.25, -0.2) is 0 Å². The minimum absolute atomic E-state index is 0.0147. The van der Waals surface area contributed by atoms with Crippen LogP contribution in [0.2, 0.25) is 0 Å². The average molecular weight is 260 g/mol. The van der Waals surface area contributed by atoms with Gasteiger partial charge in [-0.05, 0) is 6.42 Å². The molecule has 0 aromatic rings. The lowest BCUT2D eigenvalue weighted by molar-refractivity contribution is -0.109. The van der Waals surface area contributed by atoms with Crippen molar-refractivity contribution in [2.24, 2.45) is 0 Å². The van der Waals surface area contributed by atoms with Crippen molar-refractivity contribution >= 4 is 0 Å². The number of aliphatic hydroxyl groups is 2. The maximum Gasteiger partial charge on any atom is 0.156 e. The van der Waals surface area contributed by atoms with Gasteiger partial charge in [0.2, 0.25) is 0 Å². The van der Waals surface area contributed by atoms with Crippen molar-refractivity contribution in [3.63, 3.8) is 0 Å². The van der Waals surface area contributed by atoms with Gasteiger partial charge in [-0.1, -0.05) is 64.7 Å². The number of rotatable bonds is 14. The summed E-state index contributed by atoms with van der Waals surface area (Å²) >= 11 is 0. The molecule has 0 heterocycles. The summed E-state index contributed by atoms with van der Waals surface area (Å²) in [5.41, 5.74) is 0. The van der Waals surface area contributed by atoms with Gasteiger partial charge < -0.3 is 14.9 Å². The molecular weight excluding hydrogens is 228 g/mol. The lowest BCUT2D eigenvalue weighted by Crippen LogP contribution is -2.14. The van der Waals surface area contributed by atoms with E-state index in [1.54, 1.807) is 0 Å². The summed E-state index contributed by atoms with van der Waals surface area (Å²) in [6, 6.07) is 0. The maximum absolute atomic E-state index is 9.21. The van der Waals surface area contributed by atoms with Crippen LogP contribution in [0.15, 0.2) is 0 Å². The Morgan fingerprint density at radius 3 is 1.83 bits per heavy atom. The molecule has 1 atom stereocenters. The number of aliphatic hydroxyl groups excluding tert-OH is 2. The van der Waals surface area contributed by atoms with E-state index in [0.717, 1.165) is 6.42 Å². The van der Waals surface area contributed by atoms with E-state index in [0.29, 0.717) is 13.0 Å². The summed E-state index contributed by atoms with van der Waals surface area (Å²) in [5, 5.41) is 17.8. The van der Waals surface area contributed by atoms with E-state index in [4.69, 9.17) is 9.84 Å². The van der Waals surface area contributed by atoms with Gasteiger partial charge in [0.25, 0.3) is 0 Å². The average Bonchev–Trinajstić information content (AvgIpc) is 2.36. The van der Waals surface area contributed by atoms with Crippen LogP contribution in [0.3, 0.4) is 0 Å². The fourth-order valence-electron chi connectivity index (χ4n) is 2.00. The summed E-state index contributed by atoms with van der Waals surface area (Å²) < 4.78 is 5.15. The number of ether oxygens (including phenoxy) is 1. The first kappa shape index (κ1) is 17.9. The molecule has 0 aliphatic heterocycles. The number of hydrogen-bond donors (Lipinski definition) is 2. The smallest absolute Gasteiger partial charge is 0.156 e. The van der Waals surface area contributed by atoms with E-state index in [2.05, 4.69) is 6.92 Å². The second-order valence-electron chi connectivity index (χ2n) is 5.02. The van der Waals surface area contributed by atoms with Crippen LogP contribution in [0.1, 0.15) is 77.6 Å². The first-order valence-electron chi connectivity index (χ1n) is 7.71. The Hall–Kier alpha value is -0.120. The number of unbranched alkanes of at least 4 members (excludes halogenated alkanes) is 9. The lowest BCUT2D eigenvalue weighted by Gasteiger charge is -2.10. The molecule has 110 valence electrons. The molecule has 0 aromatic heterocycles. The molecule has 0 radical (unpaired) electrons. The highest BCUT2D eigenvalue weighted by Gasteiger charge is 2.01. The van der Waals surface area contributed by atoms with Gasteiger partial charge in [-0.15, -0.1) is 0 Å². The van der Waals surface area contributed by atoms with Gasteiger partial charge >= 0.3 is 0 Å². The van der Waals surface area contributed by atoms with Crippen molar-refractivity contribution in [3.8, 4) is 0 Å². The summed E-state index contributed by atoms with van der Waals surface area (Å²) in [5.74, 6) is 0. The minimum Gasteiger partial charge on any atom is -0.396 e. The zero-order valence-corrected chi connectivity index (χ0v) is 12.1. The monoisotopic (exact) mass is 260 g/mol. The highest BCUT2D eigenvalue weighted by atomic mass is 16.6. The second-order valence-corrected chi connectivity index (χ2v) is 5.02. The molecule has 0 aliphatic carbocycles. The zero-order chi connectivity index (χ0) is 13.5. The van der Waals surface area contributed by atoms with Crippen molar-refractivity contribution in [3.05, 3.63) is 0 Å². The van der Waals surface area contributed by atoms with Crippen LogP contribution >= 0.6 is 0 Å². The molecule has 0 saturated heterocycles. The molecular formula is C15H32O3. The predicted molar refractivity (Wildman–Crippen MR) is 75.5 cm³/mol. The standard InChI is InChI=1S/C15H32O3/c1-2-3-4-5-6-7-8-9-10-11-14-18-15(17)12-13-16/h15-17H,2-14H2,1H3. The predicted octanol–water partition coefficient (Wildman–Crippen LogP) is 3.62. The largest absolute Gasteiger partial charge is 0.396 e. The lowest BCUT2D eigenvalue weighted by atomic mass is 10.1. The minimum atomic E-state index is -0.784. The SMILES string of the molecule is CCCCCCCCCCCCOC(O)CCO. The molecule has 3 heteroatoms. The van der Waals surface area contributed by atoms with E-state index >= 15 is 0 Å². The van der Waals surface area contributed by atoms with E-state index in [-0.39, 0.29) is 6.61 Å². The van der Waals surface area contributed by atoms with Crippen LogP contribution in [0.25, 0.3) is 0 Å². The number of hydrogen-bond acceptors (Lipinski definition) is 3. The molecule has 0 aliphatic rings. The fourth-order valence-corrected chi connectivity index (χ4v) is 2.00. The fraction of sp³-hybridized carbons (Fsp3) is 1.00. The molecule has 18 heavy (non-hydrogen) atoms. The summed E-state index contributed by atoms with van der Waals surface area (Å²) in [6.45, 7) is 2.84. The highest BCUT2D eigenvalue weighted by molar-refractivity contribution is 4.48. The van der Waals surface area contributed by atoms with Crippen LogP contribution in [0.5, 0.6) is 0 Å². The molecule has 3 nitrogen and oxygen atoms in total. The van der Waals surface area contributed by atoms with Crippen molar-refractivity contribution in [2.45, 2.75) is 83.8 Å². The molecule has 0 saturated carbocycles. The van der Waals surface area contributed by atoms with E-state index in [1.165, 1.54) is 57.8 Å². The maximum atomic E-state index is 9.21. The molecule has 0 rings (SSSR count). The first-order valence-corrected chi connectivity index (χ1v) is 7.71. The van der Waals surface area contributed by atoms with Gasteiger partial charge in [0.05, 0.1) is 0 Å². The third kappa shape index (κ3) is 13.9. The highest BCUT2D eigenvalue weighted by Crippen LogP contribution is 2.10. The molecule has 2 N–H and O–H groups in total. The van der Waals surface area contributed by atoms with Crippen LogP contribution in [0, 0.1) is 0 Å². The summed E-state index contributed by atoms with van der Waals surface area (Å²) in [4.78, 5) is 0. The first-order chi connectivity index (χ1) is 8.81. The van der Waals surface area contributed by atoms with Crippen molar-refractivity contribution in [1.29, 1.82) is 0 Å². The molecule has 0 amide bonds. The molecule has 1 unspecified atom stereocenters. The Kier molecular flexibility index (Phi) is 14.8. The molecule has 0 aromatic carbocycles. The second kappa shape index (κ2) is 14.9. The third-order valence-corrected chi connectivity index (χ3v) is 3.18. The Morgan fingerprint density at radius 1 is 0.833 bits per heavy atom. The van der Waals surface area contributed by atoms with Gasteiger partial charge in [0.15, 0.2) is 6.29 Å². The normalized spacial score (nSPS) is 12.8. The van der Waals surface area contributed by atoms with Crippen LogP contribution in [0.4, 0.5) is 0 Å². The quantitative estimate of drug-likeness (QED) is 0.370. The van der Waals surface area contributed by atoms with Crippen molar-refractivity contribution in [2.75, 3.05) is 13.2 Å². The Bertz CT molecular complexity index is 151. The van der Waals surface area contributed by atoms with E-state index < -0.39 is 6.29 Å². The third-order valence-electron chi connectivity index (χ3n) is 3.18. The molecule has 0 fully saturated rings.